The predicted molar refractivity (Wildman–Crippen MR) is 119 cm³/mol. The second kappa shape index (κ2) is 9.84. The summed E-state index contributed by atoms with van der Waals surface area (Å²) in [6, 6.07) is 12.2. The van der Waals surface area contributed by atoms with Crippen molar-refractivity contribution in [2.75, 3.05) is 11.9 Å². The first-order valence-electron chi connectivity index (χ1n) is 10.2. The Labute approximate surface area is 181 Å². The van der Waals surface area contributed by atoms with E-state index in [0.29, 0.717) is 17.8 Å². The lowest BCUT2D eigenvalue weighted by atomic mass is 10.0. The lowest BCUT2D eigenvalue weighted by Gasteiger charge is -2.34. The fourth-order valence-electron chi connectivity index (χ4n) is 3.69. The molecule has 9 heteroatoms. The molecular formula is C22H25N3O5S. The van der Waals surface area contributed by atoms with Crippen LogP contribution in [0.4, 0.5) is 11.4 Å². The Morgan fingerprint density at radius 3 is 2.58 bits per heavy atom. The SMILES string of the molecule is CCC1CCCCN1S(=O)(=O)c1ccc(NC(=O)/C=C/c2ccccc2[N+](=O)[O-])cc1. The summed E-state index contributed by atoms with van der Waals surface area (Å²) in [5.74, 6) is -0.476. The molecule has 0 radical (unpaired) electrons. The van der Waals surface area contributed by atoms with Gasteiger partial charge in [-0.2, -0.15) is 4.31 Å². The van der Waals surface area contributed by atoms with Crippen molar-refractivity contribution in [3.8, 4) is 0 Å². The molecular weight excluding hydrogens is 418 g/mol. The Morgan fingerprint density at radius 2 is 1.90 bits per heavy atom. The van der Waals surface area contributed by atoms with Gasteiger partial charge in [0.2, 0.25) is 15.9 Å². The van der Waals surface area contributed by atoms with Gasteiger partial charge in [0.25, 0.3) is 5.69 Å². The molecule has 1 fully saturated rings. The molecule has 1 unspecified atom stereocenters. The van der Waals surface area contributed by atoms with Gasteiger partial charge in [-0.1, -0.05) is 25.5 Å². The molecule has 1 N–H and O–H groups in total. The molecule has 31 heavy (non-hydrogen) atoms. The van der Waals surface area contributed by atoms with Crippen molar-refractivity contribution in [1.29, 1.82) is 0 Å². The standard InChI is InChI=1S/C22H25N3O5S/c1-2-19-8-5-6-16-24(19)31(29,30)20-13-11-18(12-14-20)23-22(26)15-10-17-7-3-4-9-21(17)25(27)28/h3-4,7,9-15,19H,2,5-6,8,16H2,1H3,(H,23,26)/b15-10+. The van der Waals surface area contributed by atoms with E-state index >= 15 is 0 Å². The van der Waals surface area contributed by atoms with E-state index < -0.39 is 20.9 Å². The average Bonchev–Trinajstić information content (AvgIpc) is 2.78. The van der Waals surface area contributed by atoms with Gasteiger partial charge in [0, 0.05) is 30.4 Å². The molecule has 1 heterocycles. The van der Waals surface area contributed by atoms with Gasteiger partial charge in [0.05, 0.1) is 15.4 Å². The number of para-hydroxylation sites is 1. The van der Waals surface area contributed by atoms with Crippen LogP contribution in [0, 0.1) is 10.1 Å². The van der Waals surface area contributed by atoms with E-state index in [1.54, 1.807) is 22.5 Å². The van der Waals surface area contributed by atoms with Crippen molar-refractivity contribution in [3.05, 3.63) is 70.3 Å². The largest absolute Gasteiger partial charge is 0.323 e. The Balaban J connectivity index is 1.69. The van der Waals surface area contributed by atoms with Crippen molar-refractivity contribution < 1.29 is 18.1 Å². The Hall–Kier alpha value is -3.04. The normalized spacial score (nSPS) is 17.5. The Morgan fingerprint density at radius 1 is 1.19 bits per heavy atom. The number of sulfonamides is 1. The first kappa shape index (κ1) is 22.6. The number of hydrogen-bond acceptors (Lipinski definition) is 5. The number of anilines is 1. The molecule has 2 aromatic rings. The van der Waals surface area contributed by atoms with Gasteiger partial charge in [0.1, 0.15) is 0 Å². The van der Waals surface area contributed by atoms with Gasteiger partial charge >= 0.3 is 0 Å². The van der Waals surface area contributed by atoms with Crippen LogP contribution in [0.2, 0.25) is 0 Å². The maximum absolute atomic E-state index is 13.0. The quantitative estimate of drug-likeness (QED) is 0.392. The number of carbonyl (C=O) groups excluding carboxylic acids is 1. The number of benzene rings is 2. The first-order chi connectivity index (χ1) is 14.8. The number of nitro groups is 1. The molecule has 0 saturated carbocycles. The van der Waals surface area contributed by atoms with Crippen molar-refractivity contribution in [3.63, 3.8) is 0 Å². The highest BCUT2D eigenvalue weighted by Crippen LogP contribution is 2.27. The van der Waals surface area contributed by atoms with Crippen molar-refractivity contribution in [2.24, 2.45) is 0 Å². The molecule has 1 aliphatic rings. The number of rotatable bonds is 7. The van der Waals surface area contributed by atoms with E-state index in [-0.39, 0.29) is 16.6 Å². The summed E-state index contributed by atoms with van der Waals surface area (Å²) < 4.78 is 27.6. The maximum Gasteiger partial charge on any atom is 0.276 e. The molecule has 0 bridgehead atoms. The molecule has 1 amide bonds. The molecule has 1 aliphatic heterocycles. The lowest BCUT2D eigenvalue weighted by Crippen LogP contribution is -2.43. The molecule has 164 valence electrons. The minimum Gasteiger partial charge on any atom is -0.323 e. The highest BCUT2D eigenvalue weighted by Gasteiger charge is 2.32. The molecule has 1 atom stereocenters. The third-order valence-electron chi connectivity index (χ3n) is 5.32. The van der Waals surface area contributed by atoms with Crippen molar-refractivity contribution in [2.45, 2.75) is 43.5 Å². The van der Waals surface area contributed by atoms with Crippen LogP contribution in [0.3, 0.4) is 0 Å². The molecule has 1 saturated heterocycles. The minimum absolute atomic E-state index is 0.0188. The zero-order valence-electron chi connectivity index (χ0n) is 17.2. The number of hydrogen-bond donors (Lipinski definition) is 1. The van der Waals surface area contributed by atoms with Crippen LogP contribution in [0.5, 0.6) is 0 Å². The van der Waals surface area contributed by atoms with Gasteiger partial charge in [-0.3, -0.25) is 14.9 Å². The number of nitrogens with one attached hydrogen (secondary N) is 1. The fourth-order valence-corrected chi connectivity index (χ4v) is 5.46. The van der Waals surface area contributed by atoms with Crippen LogP contribution in [-0.2, 0) is 14.8 Å². The van der Waals surface area contributed by atoms with Gasteiger partial charge in [0.15, 0.2) is 0 Å². The Bertz CT molecular complexity index is 1080. The summed E-state index contributed by atoms with van der Waals surface area (Å²) >= 11 is 0. The van der Waals surface area contributed by atoms with Gasteiger partial charge in [-0.05, 0) is 55.7 Å². The summed E-state index contributed by atoms with van der Waals surface area (Å²) in [4.78, 5) is 22.9. The summed E-state index contributed by atoms with van der Waals surface area (Å²) in [5.41, 5.74) is 0.655. The van der Waals surface area contributed by atoms with Gasteiger partial charge < -0.3 is 5.32 Å². The van der Waals surface area contributed by atoms with E-state index in [1.165, 1.54) is 42.5 Å². The highest BCUT2D eigenvalue weighted by atomic mass is 32.2. The lowest BCUT2D eigenvalue weighted by molar-refractivity contribution is -0.385. The van der Waals surface area contributed by atoms with E-state index in [0.717, 1.165) is 25.7 Å². The molecule has 0 aromatic heterocycles. The molecule has 3 rings (SSSR count). The van der Waals surface area contributed by atoms with Gasteiger partial charge in [-0.15, -0.1) is 0 Å². The van der Waals surface area contributed by atoms with E-state index in [4.69, 9.17) is 0 Å². The van der Waals surface area contributed by atoms with Crippen LogP contribution in [-0.4, -0.2) is 36.1 Å². The summed E-state index contributed by atoms with van der Waals surface area (Å²) in [5, 5.41) is 13.7. The maximum atomic E-state index is 13.0. The van der Waals surface area contributed by atoms with E-state index in [9.17, 15) is 23.3 Å². The van der Waals surface area contributed by atoms with Crippen molar-refractivity contribution in [1.82, 2.24) is 4.31 Å². The van der Waals surface area contributed by atoms with Crippen LogP contribution < -0.4 is 5.32 Å². The summed E-state index contributed by atoms with van der Waals surface area (Å²) in [6.07, 6.45) is 6.11. The second-order valence-corrected chi connectivity index (χ2v) is 9.23. The zero-order valence-corrected chi connectivity index (χ0v) is 18.0. The summed E-state index contributed by atoms with van der Waals surface area (Å²) in [6.45, 7) is 2.52. The predicted octanol–water partition coefficient (Wildman–Crippen LogP) is 4.20. The monoisotopic (exact) mass is 443 g/mol. The zero-order chi connectivity index (χ0) is 22.4. The first-order valence-corrected chi connectivity index (χ1v) is 11.6. The third-order valence-corrected chi connectivity index (χ3v) is 7.29. The van der Waals surface area contributed by atoms with E-state index in [2.05, 4.69) is 5.32 Å². The van der Waals surface area contributed by atoms with Crippen molar-refractivity contribution >= 4 is 33.4 Å². The van der Waals surface area contributed by atoms with Crippen LogP contribution in [0.25, 0.3) is 6.08 Å². The van der Waals surface area contributed by atoms with Gasteiger partial charge in [-0.25, -0.2) is 8.42 Å². The van der Waals surface area contributed by atoms with E-state index in [1.807, 2.05) is 6.92 Å². The van der Waals surface area contributed by atoms with Crippen LogP contribution >= 0.6 is 0 Å². The van der Waals surface area contributed by atoms with Crippen LogP contribution in [0.15, 0.2) is 59.5 Å². The highest BCUT2D eigenvalue weighted by molar-refractivity contribution is 7.89. The molecule has 2 aromatic carbocycles. The topological polar surface area (TPSA) is 110 Å². The minimum atomic E-state index is -3.58. The molecule has 0 aliphatic carbocycles. The Kier molecular flexibility index (Phi) is 7.19. The smallest absolute Gasteiger partial charge is 0.276 e. The summed E-state index contributed by atoms with van der Waals surface area (Å²) in [7, 11) is -3.58. The van der Waals surface area contributed by atoms with Crippen LogP contribution in [0.1, 0.15) is 38.2 Å². The fraction of sp³-hybridized carbons (Fsp3) is 0.318. The molecule has 8 nitrogen and oxygen atoms in total. The third kappa shape index (κ3) is 5.36. The molecule has 0 spiro atoms. The number of nitrogens with zero attached hydrogens (tertiary/aromatic N) is 2. The number of carbonyl (C=O) groups is 1. The number of piperidine rings is 1. The number of amides is 1. The average molecular weight is 444 g/mol. The second-order valence-electron chi connectivity index (χ2n) is 7.34. The number of nitro benzene ring substituents is 1.